The minimum absolute atomic E-state index is 0.00238. The van der Waals surface area contributed by atoms with Crippen molar-refractivity contribution in [3.8, 4) is 5.75 Å². The van der Waals surface area contributed by atoms with Crippen molar-refractivity contribution in [3.05, 3.63) is 57.5 Å². The molecule has 0 atom stereocenters. The highest BCUT2D eigenvalue weighted by Crippen LogP contribution is 2.26. The van der Waals surface area contributed by atoms with Gasteiger partial charge in [-0.2, -0.15) is 0 Å². The zero-order chi connectivity index (χ0) is 20.3. The molecular formula is C19H20BrClN2O4S. The van der Waals surface area contributed by atoms with Crippen LogP contribution >= 0.6 is 27.5 Å². The maximum atomic E-state index is 12.8. The summed E-state index contributed by atoms with van der Waals surface area (Å²) in [5.41, 5.74) is 0.277. The molecule has 1 fully saturated rings. The van der Waals surface area contributed by atoms with E-state index in [0.717, 1.165) is 12.8 Å². The van der Waals surface area contributed by atoms with Crippen molar-refractivity contribution >= 4 is 43.5 Å². The van der Waals surface area contributed by atoms with Gasteiger partial charge in [-0.05, 0) is 59.1 Å². The number of carbonyl (C=O) groups excluding carboxylic acids is 1. The molecule has 1 aliphatic rings. The molecule has 0 heterocycles. The number of halogens is 2. The van der Waals surface area contributed by atoms with E-state index in [1.807, 2.05) is 12.1 Å². The number of sulfonamides is 1. The maximum Gasteiger partial charge on any atom is 0.254 e. The van der Waals surface area contributed by atoms with Gasteiger partial charge >= 0.3 is 0 Å². The Balaban J connectivity index is 1.67. The fourth-order valence-corrected chi connectivity index (χ4v) is 4.42. The molecule has 0 unspecified atom stereocenters. The van der Waals surface area contributed by atoms with Gasteiger partial charge in [0.2, 0.25) is 10.0 Å². The largest absolute Gasteiger partial charge is 0.490 e. The van der Waals surface area contributed by atoms with E-state index in [1.54, 1.807) is 25.2 Å². The first-order valence-corrected chi connectivity index (χ1v) is 11.4. The number of hydrogen-bond donors (Lipinski definition) is 1. The zero-order valence-electron chi connectivity index (χ0n) is 15.2. The van der Waals surface area contributed by atoms with E-state index >= 15 is 0 Å². The van der Waals surface area contributed by atoms with E-state index in [0.29, 0.717) is 21.8 Å². The first-order valence-electron chi connectivity index (χ1n) is 8.72. The third-order valence-corrected chi connectivity index (χ3v) is 6.77. The van der Waals surface area contributed by atoms with Crippen molar-refractivity contribution in [1.82, 2.24) is 9.62 Å². The highest BCUT2D eigenvalue weighted by atomic mass is 79.9. The molecule has 1 N–H and O–H groups in total. The average molecular weight is 488 g/mol. The van der Waals surface area contributed by atoms with Gasteiger partial charge in [-0.25, -0.2) is 13.1 Å². The van der Waals surface area contributed by atoms with Gasteiger partial charge in [0, 0.05) is 17.6 Å². The van der Waals surface area contributed by atoms with E-state index in [4.69, 9.17) is 16.3 Å². The zero-order valence-corrected chi connectivity index (χ0v) is 18.4. The second kappa shape index (κ2) is 8.82. The number of likely N-dealkylation sites (N-methyl/N-ethyl adjacent to an activating group) is 1. The molecule has 150 valence electrons. The Bertz CT molecular complexity index is 980. The average Bonchev–Trinajstić information content (AvgIpc) is 3.46. The molecule has 0 aromatic heterocycles. The van der Waals surface area contributed by atoms with Crippen LogP contribution in [0, 0.1) is 0 Å². The molecule has 3 rings (SSSR count). The lowest BCUT2D eigenvalue weighted by Gasteiger charge is -2.19. The topological polar surface area (TPSA) is 75.7 Å². The smallest absolute Gasteiger partial charge is 0.254 e. The normalized spacial score (nSPS) is 14.0. The number of ether oxygens (including phenoxy) is 1. The number of para-hydroxylation sites is 1. The summed E-state index contributed by atoms with van der Waals surface area (Å²) in [7, 11) is -2.00. The summed E-state index contributed by atoms with van der Waals surface area (Å²) in [5, 5.41) is 0.500. The van der Waals surface area contributed by atoms with Crippen LogP contribution in [0.5, 0.6) is 5.75 Å². The molecule has 1 aliphatic carbocycles. The molecular weight excluding hydrogens is 468 g/mol. The number of nitrogens with zero attached hydrogens (tertiary/aromatic N) is 1. The van der Waals surface area contributed by atoms with Crippen LogP contribution in [0.4, 0.5) is 0 Å². The van der Waals surface area contributed by atoms with Crippen LogP contribution in [-0.2, 0) is 10.0 Å². The fraction of sp³-hybridized carbons (Fsp3) is 0.316. The van der Waals surface area contributed by atoms with Crippen molar-refractivity contribution < 1.29 is 17.9 Å². The molecule has 28 heavy (non-hydrogen) atoms. The third kappa shape index (κ3) is 5.26. The molecule has 0 spiro atoms. The lowest BCUT2D eigenvalue weighted by atomic mass is 10.2. The monoisotopic (exact) mass is 486 g/mol. The fourth-order valence-electron chi connectivity index (χ4n) is 2.49. The molecule has 9 heteroatoms. The van der Waals surface area contributed by atoms with Crippen molar-refractivity contribution in [2.45, 2.75) is 23.8 Å². The Morgan fingerprint density at radius 2 is 2.00 bits per heavy atom. The SMILES string of the molecule is CN(CCOc1ccccc1Cl)C(=O)c1cc(S(=O)(=O)NC2CC2)ccc1Br. The minimum Gasteiger partial charge on any atom is -0.490 e. The Morgan fingerprint density at radius 1 is 1.29 bits per heavy atom. The molecule has 6 nitrogen and oxygen atoms in total. The second-order valence-electron chi connectivity index (χ2n) is 6.54. The number of nitrogens with one attached hydrogen (secondary N) is 1. The van der Waals surface area contributed by atoms with Crippen LogP contribution < -0.4 is 9.46 Å². The van der Waals surface area contributed by atoms with Crippen LogP contribution in [0.25, 0.3) is 0 Å². The van der Waals surface area contributed by atoms with Crippen molar-refractivity contribution in [1.29, 1.82) is 0 Å². The summed E-state index contributed by atoms with van der Waals surface area (Å²) in [5.74, 6) is 0.239. The summed E-state index contributed by atoms with van der Waals surface area (Å²) >= 11 is 9.38. The number of hydrogen-bond acceptors (Lipinski definition) is 4. The molecule has 0 radical (unpaired) electrons. The summed E-state index contributed by atoms with van der Waals surface area (Å²) in [6.07, 6.45) is 1.69. The van der Waals surface area contributed by atoms with Crippen LogP contribution in [-0.4, -0.2) is 45.5 Å². The first-order chi connectivity index (χ1) is 13.3. The van der Waals surface area contributed by atoms with Crippen molar-refractivity contribution in [2.24, 2.45) is 0 Å². The van der Waals surface area contributed by atoms with Crippen LogP contribution in [0.2, 0.25) is 5.02 Å². The first kappa shape index (κ1) is 21.1. The molecule has 2 aromatic carbocycles. The number of rotatable bonds is 8. The summed E-state index contributed by atoms with van der Waals surface area (Å²) < 4.78 is 33.6. The van der Waals surface area contributed by atoms with Crippen LogP contribution in [0.1, 0.15) is 23.2 Å². The summed E-state index contributed by atoms with van der Waals surface area (Å²) in [6.45, 7) is 0.568. The van der Waals surface area contributed by atoms with E-state index in [-0.39, 0.29) is 29.0 Å². The molecule has 0 bridgehead atoms. The third-order valence-electron chi connectivity index (χ3n) is 4.25. The molecule has 0 saturated heterocycles. The lowest BCUT2D eigenvalue weighted by molar-refractivity contribution is 0.0772. The van der Waals surface area contributed by atoms with Gasteiger partial charge in [0.05, 0.1) is 22.0 Å². The maximum absolute atomic E-state index is 12.8. The van der Waals surface area contributed by atoms with Gasteiger partial charge < -0.3 is 9.64 Å². The van der Waals surface area contributed by atoms with E-state index in [2.05, 4.69) is 20.7 Å². The number of benzene rings is 2. The molecule has 1 saturated carbocycles. The van der Waals surface area contributed by atoms with Crippen LogP contribution in [0.15, 0.2) is 51.8 Å². The Kier molecular flexibility index (Phi) is 6.65. The predicted octanol–water partition coefficient (Wildman–Crippen LogP) is 3.69. The van der Waals surface area contributed by atoms with Crippen LogP contribution in [0.3, 0.4) is 0 Å². The molecule has 0 aliphatic heterocycles. The number of amides is 1. The van der Waals surface area contributed by atoms with Gasteiger partial charge in [-0.3, -0.25) is 4.79 Å². The van der Waals surface area contributed by atoms with E-state index in [9.17, 15) is 13.2 Å². The molecule has 1 amide bonds. The van der Waals surface area contributed by atoms with Gasteiger partial charge in [-0.15, -0.1) is 0 Å². The van der Waals surface area contributed by atoms with Gasteiger partial charge in [0.25, 0.3) is 5.91 Å². The minimum atomic E-state index is -3.63. The van der Waals surface area contributed by atoms with Crippen molar-refractivity contribution in [3.63, 3.8) is 0 Å². The summed E-state index contributed by atoms with van der Waals surface area (Å²) in [4.78, 5) is 14.3. The van der Waals surface area contributed by atoms with Crippen molar-refractivity contribution in [2.75, 3.05) is 20.2 Å². The van der Waals surface area contributed by atoms with E-state index < -0.39 is 10.0 Å². The Labute approximate surface area is 178 Å². The number of carbonyl (C=O) groups is 1. The lowest BCUT2D eigenvalue weighted by Crippen LogP contribution is -2.31. The predicted molar refractivity (Wildman–Crippen MR) is 111 cm³/mol. The highest BCUT2D eigenvalue weighted by Gasteiger charge is 2.29. The van der Waals surface area contributed by atoms with E-state index in [1.165, 1.54) is 17.0 Å². The molecule has 2 aromatic rings. The summed E-state index contributed by atoms with van der Waals surface area (Å²) in [6, 6.07) is 11.5. The second-order valence-corrected chi connectivity index (χ2v) is 9.52. The highest BCUT2D eigenvalue weighted by molar-refractivity contribution is 9.10. The van der Waals surface area contributed by atoms with Gasteiger partial charge in [0.15, 0.2) is 0 Å². The van der Waals surface area contributed by atoms with Gasteiger partial charge in [-0.1, -0.05) is 23.7 Å². The standard InChI is InChI=1S/C19H20BrClN2O4S/c1-23(10-11-27-18-5-3-2-4-17(18)21)19(24)15-12-14(8-9-16(15)20)28(25,26)22-13-6-7-13/h2-5,8-9,12-13,22H,6-7,10-11H2,1H3. The van der Waals surface area contributed by atoms with Gasteiger partial charge in [0.1, 0.15) is 12.4 Å². The Hall–Kier alpha value is -1.61. The quantitative estimate of drug-likeness (QED) is 0.616. The Morgan fingerprint density at radius 3 is 2.68 bits per heavy atom.